The van der Waals surface area contributed by atoms with Gasteiger partial charge in [-0.15, -0.1) is 0 Å². The molecule has 0 nitrogen and oxygen atoms in total. The zero-order valence-electron chi connectivity index (χ0n) is 17.0. The van der Waals surface area contributed by atoms with Crippen molar-refractivity contribution in [3.05, 3.63) is 94.7 Å². The van der Waals surface area contributed by atoms with Crippen molar-refractivity contribution in [3.63, 3.8) is 0 Å². The lowest BCUT2D eigenvalue weighted by Gasteiger charge is -2.36. The van der Waals surface area contributed by atoms with Gasteiger partial charge in [-0.2, -0.15) is 11.3 Å². The summed E-state index contributed by atoms with van der Waals surface area (Å²) >= 11 is 1.76. The fraction of sp³-hybridized carbons (Fsp3) is 0.103. The van der Waals surface area contributed by atoms with E-state index in [-0.39, 0.29) is 5.41 Å². The minimum atomic E-state index is -0.0414. The molecule has 0 spiro atoms. The van der Waals surface area contributed by atoms with Gasteiger partial charge in [0.2, 0.25) is 0 Å². The second kappa shape index (κ2) is 5.50. The molecule has 0 atom stereocenters. The molecule has 30 heavy (non-hydrogen) atoms. The van der Waals surface area contributed by atoms with Gasteiger partial charge in [-0.3, -0.25) is 0 Å². The zero-order valence-corrected chi connectivity index (χ0v) is 17.8. The van der Waals surface area contributed by atoms with Crippen molar-refractivity contribution < 1.29 is 0 Å². The monoisotopic (exact) mass is 400 g/mol. The van der Waals surface area contributed by atoms with Gasteiger partial charge in [0, 0.05) is 5.41 Å². The molecule has 0 radical (unpaired) electrons. The van der Waals surface area contributed by atoms with Crippen molar-refractivity contribution in [1.82, 2.24) is 0 Å². The highest BCUT2D eigenvalue weighted by Gasteiger charge is 2.36. The van der Waals surface area contributed by atoms with Crippen molar-refractivity contribution in [1.29, 1.82) is 0 Å². The van der Waals surface area contributed by atoms with Crippen LogP contribution in [0.4, 0.5) is 0 Å². The molecule has 2 aliphatic carbocycles. The van der Waals surface area contributed by atoms with Gasteiger partial charge in [-0.1, -0.05) is 74.5 Å². The van der Waals surface area contributed by atoms with Crippen molar-refractivity contribution in [2.45, 2.75) is 19.3 Å². The van der Waals surface area contributed by atoms with Crippen LogP contribution in [0, 0.1) is 0 Å². The number of hydrogen-bond acceptors (Lipinski definition) is 1. The summed E-state index contributed by atoms with van der Waals surface area (Å²) in [5.41, 5.74) is 13.7. The van der Waals surface area contributed by atoms with Crippen LogP contribution in [0.25, 0.3) is 55.3 Å². The molecule has 1 heterocycles. The molecule has 0 amide bonds. The van der Waals surface area contributed by atoms with Crippen LogP contribution in [0.2, 0.25) is 0 Å². The number of rotatable bonds is 1. The Morgan fingerprint density at radius 1 is 0.567 bits per heavy atom. The highest BCUT2D eigenvalue weighted by molar-refractivity contribution is 7.08. The van der Waals surface area contributed by atoms with Crippen LogP contribution in [0.1, 0.15) is 25.0 Å². The Morgan fingerprint density at radius 2 is 1.23 bits per heavy atom. The van der Waals surface area contributed by atoms with E-state index in [4.69, 9.17) is 0 Å². The SMILES string of the molecule is CC1(C)c2cc(-c3ccsc3)ccc2-c2ccc3c4c(ccc1c24)-c1ccccc1-3. The first-order valence-corrected chi connectivity index (χ1v) is 11.5. The Labute approximate surface area is 180 Å². The fourth-order valence-electron chi connectivity index (χ4n) is 5.69. The van der Waals surface area contributed by atoms with Crippen LogP contribution < -0.4 is 0 Å². The van der Waals surface area contributed by atoms with Crippen LogP contribution in [0.15, 0.2) is 83.6 Å². The van der Waals surface area contributed by atoms with E-state index in [1.807, 2.05) is 0 Å². The Kier molecular flexibility index (Phi) is 3.05. The lowest BCUT2D eigenvalue weighted by Crippen LogP contribution is -2.23. The van der Waals surface area contributed by atoms with Crippen molar-refractivity contribution in [3.8, 4) is 44.5 Å². The topological polar surface area (TPSA) is 0 Å². The van der Waals surface area contributed by atoms with Crippen LogP contribution >= 0.6 is 11.3 Å². The molecule has 5 aromatic rings. The van der Waals surface area contributed by atoms with E-state index < -0.39 is 0 Å². The highest BCUT2D eigenvalue weighted by Crippen LogP contribution is 2.56. The summed E-state index contributed by atoms with van der Waals surface area (Å²) in [6.45, 7) is 4.77. The summed E-state index contributed by atoms with van der Waals surface area (Å²) in [5.74, 6) is 0. The Hall–Kier alpha value is -3.16. The maximum Gasteiger partial charge on any atom is 0.0159 e. The molecule has 0 saturated carbocycles. The molecule has 0 aliphatic heterocycles. The lowest BCUT2D eigenvalue weighted by atomic mass is 9.67. The molecule has 0 bridgehead atoms. The third kappa shape index (κ3) is 1.92. The van der Waals surface area contributed by atoms with Gasteiger partial charge in [0.1, 0.15) is 0 Å². The van der Waals surface area contributed by atoms with Crippen LogP contribution in [0.5, 0.6) is 0 Å². The molecule has 0 N–H and O–H groups in total. The normalized spacial score (nSPS) is 14.6. The van der Waals surface area contributed by atoms with Gasteiger partial charge in [0.15, 0.2) is 0 Å². The summed E-state index contributed by atoms with van der Waals surface area (Å²) in [7, 11) is 0. The van der Waals surface area contributed by atoms with E-state index in [0.717, 1.165) is 0 Å². The maximum absolute atomic E-state index is 2.42. The summed E-state index contributed by atoms with van der Waals surface area (Å²) < 4.78 is 0. The molecular formula is C29H20S. The van der Waals surface area contributed by atoms with Crippen molar-refractivity contribution in [2.75, 3.05) is 0 Å². The van der Waals surface area contributed by atoms with Gasteiger partial charge >= 0.3 is 0 Å². The van der Waals surface area contributed by atoms with Crippen LogP contribution in [0.3, 0.4) is 0 Å². The lowest BCUT2D eigenvalue weighted by molar-refractivity contribution is 0.645. The van der Waals surface area contributed by atoms with Gasteiger partial charge < -0.3 is 0 Å². The van der Waals surface area contributed by atoms with Crippen molar-refractivity contribution >= 4 is 22.1 Å². The third-order valence-electron chi connectivity index (χ3n) is 7.18. The van der Waals surface area contributed by atoms with Crippen LogP contribution in [-0.4, -0.2) is 0 Å². The first-order valence-electron chi connectivity index (χ1n) is 10.5. The molecule has 0 fully saturated rings. The van der Waals surface area contributed by atoms with E-state index in [2.05, 4.69) is 97.4 Å². The van der Waals surface area contributed by atoms with Gasteiger partial charge in [-0.25, -0.2) is 0 Å². The Balaban J connectivity index is 1.59. The Bertz CT molecular complexity index is 1470. The maximum atomic E-state index is 2.42. The average Bonchev–Trinajstić information content (AvgIpc) is 3.42. The van der Waals surface area contributed by atoms with Gasteiger partial charge in [0.25, 0.3) is 0 Å². The predicted molar refractivity (Wildman–Crippen MR) is 129 cm³/mol. The van der Waals surface area contributed by atoms with Crippen molar-refractivity contribution in [2.24, 2.45) is 0 Å². The number of thiophene rings is 1. The first kappa shape index (κ1) is 16.6. The molecule has 1 aromatic heterocycles. The first-order chi connectivity index (χ1) is 14.6. The summed E-state index contributed by atoms with van der Waals surface area (Å²) in [5, 5.41) is 7.28. The highest BCUT2D eigenvalue weighted by atomic mass is 32.1. The third-order valence-corrected chi connectivity index (χ3v) is 7.86. The van der Waals surface area contributed by atoms with E-state index in [1.54, 1.807) is 11.3 Å². The number of benzene rings is 4. The van der Waals surface area contributed by atoms with E-state index >= 15 is 0 Å². The van der Waals surface area contributed by atoms with Gasteiger partial charge in [-0.05, 0) is 89.3 Å². The molecular weight excluding hydrogens is 380 g/mol. The minimum Gasteiger partial charge on any atom is -0.152 e. The Morgan fingerprint density at radius 3 is 1.93 bits per heavy atom. The number of fused-ring (bicyclic) bond motifs is 5. The van der Waals surface area contributed by atoms with E-state index in [0.29, 0.717) is 0 Å². The fourth-order valence-corrected chi connectivity index (χ4v) is 6.36. The molecule has 4 aromatic carbocycles. The smallest absolute Gasteiger partial charge is 0.0159 e. The summed E-state index contributed by atoms with van der Waals surface area (Å²) in [6, 6.07) is 27.5. The predicted octanol–water partition coefficient (Wildman–Crippen LogP) is 8.52. The van der Waals surface area contributed by atoms with Crippen LogP contribution in [-0.2, 0) is 5.41 Å². The van der Waals surface area contributed by atoms with E-state index in [9.17, 15) is 0 Å². The molecule has 0 saturated heterocycles. The molecule has 1 heteroatoms. The molecule has 2 aliphatic rings. The average molecular weight is 401 g/mol. The molecule has 142 valence electrons. The quantitative estimate of drug-likeness (QED) is 0.259. The minimum absolute atomic E-state index is 0.0414. The second-order valence-electron chi connectivity index (χ2n) is 9.01. The van der Waals surface area contributed by atoms with Gasteiger partial charge in [0.05, 0.1) is 0 Å². The zero-order chi connectivity index (χ0) is 20.0. The summed E-state index contributed by atoms with van der Waals surface area (Å²) in [4.78, 5) is 0. The largest absolute Gasteiger partial charge is 0.152 e. The van der Waals surface area contributed by atoms with E-state index in [1.165, 1.54) is 66.4 Å². The summed E-state index contributed by atoms with van der Waals surface area (Å²) in [6.07, 6.45) is 0. The number of hydrogen-bond donors (Lipinski definition) is 0. The molecule has 7 rings (SSSR count). The second-order valence-corrected chi connectivity index (χ2v) is 9.79. The standard InChI is InChI=1S/C29H20S/c1-29(2)25-12-11-23-20-6-4-3-5-19(20)22-9-10-24(28(25)27(22)23)21-8-7-17(15-26(21)29)18-13-14-30-16-18/h3-16H,1-2H3. The molecule has 0 unspecified atom stereocenters.